The Kier molecular flexibility index (Phi) is 6.52. The Balaban J connectivity index is 1.54. The van der Waals surface area contributed by atoms with Crippen LogP contribution in [0.4, 0.5) is 0 Å². The van der Waals surface area contributed by atoms with Crippen molar-refractivity contribution in [2.45, 2.75) is 37.1 Å². The van der Waals surface area contributed by atoms with Crippen molar-refractivity contribution in [3.63, 3.8) is 0 Å². The predicted octanol–water partition coefficient (Wildman–Crippen LogP) is 4.11. The monoisotopic (exact) mass is 328 g/mol. The molecule has 1 heterocycles. The number of rotatable bonds is 6. The number of hydrogen-bond donors (Lipinski definition) is 1. The molecule has 0 amide bonds. The molecule has 0 aliphatic heterocycles. The van der Waals surface area contributed by atoms with Gasteiger partial charge in [-0.1, -0.05) is 19.3 Å². The molecular weight excluding hydrogens is 308 g/mol. The Labute approximate surface area is 122 Å². The molecule has 1 fully saturated rings. The second-order valence-corrected chi connectivity index (χ2v) is 6.90. The van der Waals surface area contributed by atoms with E-state index in [0.29, 0.717) is 0 Å². The van der Waals surface area contributed by atoms with Crippen LogP contribution in [-0.4, -0.2) is 23.8 Å². The lowest BCUT2D eigenvalue weighted by Crippen LogP contribution is -2.26. The molecule has 4 heteroatoms. The van der Waals surface area contributed by atoms with Gasteiger partial charge in [-0.15, -0.1) is 11.8 Å². The van der Waals surface area contributed by atoms with Gasteiger partial charge in [0.2, 0.25) is 0 Å². The first-order valence-electron chi connectivity index (χ1n) is 6.79. The fraction of sp³-hybridized carbons (Fsp3) is 0.643. The summed E-state index contributed by atoms with van der Waals surface area (Å²) in [5.41, 5.74) is 0. The highest BCUT2D eigenvalue weighted by atomic mass is 79.9. The van der Waals surface area contributed by atoms with Gasteiger partial charge < -0.3 is 5.32 Å². The first-order valence-corrected chi connectivity index (χ1v) is 8.57. The van der Waals surface area contributed by atoms with E-state index >= 15 is 0 Å². The van der Waals surface area contributed by atoms with Crippen LogP contribution >= 0.6 is 27.7 Å². The molecule has 0 bridgehead atoms. The zero-order valence-corrected chi connectivity index (χ0v) is 13.1. The molecule has 18 heavy (non-hydrogen) atoms. The van der Waals surface area contributed by atoms with Gasteiger partial charge >= 0.3 is 0 Å². The second-order valence-electron chi connectivity index (χ2n) is 4.87. The molecule has 0 atom stereocenters. The molecule has 1 aromatic rings. The molecule has 100 valence electrons. The fourth-order valence-corrected chi connectivity index (χ4v) is 3.35. The number of aromatic nitrogens is 1. The number of pyridine rings is 1. The van der Waals surface area contributed by atoms with Gasteiger partial charge in [-0.2, -0.15) is 0 Å². The van der Waals surface area contributed by atoms with Crippen molar-refractivity contribution in [2.75, 3.05) is 18.8 Å². The molecule has 2 rings (SSSR count). The van der Waals surface area contributed by atoms with E-state index in [1.54, 1.807) is 0 Å². The lowest BCUT2D eigenvalue weighted by atomic mass is 9.89. The summed E-state index contributed by atoms with van der Waals surface area (Å²) in [7, 11) is 0. The first-order chi connectivity index (χ1) is 8.84. The van der Waals surface area contributed by atoms with Gasteiger partial charge in [0.15, 0.2) is 0 Å². The summed E-state index contributed by atoms with van der Waals surface area (Å²) in [5, 5.41) is 4.69. The Hall–Kier alpha value is -0.0600. The minimum Gasteiger partial charge on any atom is -0.316 e. The highest BCUT2D eigenvalue weighted by Gasteiger charge is 2.12. The van der Waals surface area contributed by atoms with E-state index in [0.717, 1.165) is 27.7 Å². The molecule has 0 saturated heterocycles. The lowest BCUT2D eigenvalue weighted by molar-refractivity contribution is 0.345. The number of thioether (sulfide) groups is 1. The third kappa shape index (κ3) is 5.29. The largest absolute Gasteiger partial charge is 0.316 e. The van der Waals surface area contributed by atoms with E-state index in [2.05, 4.69) is 32.3 Å². The van der Waals surface area contributed by atoms with Crippen LogP contribution in [0.2, 0.25) is 0 Å². The summed E-state index contributed by atoms with van der Waals surface area (Å²) in [6.45, 7) is 2.28. The van der Waals surface area contributed by atoms with Crippen LogP contribution in [-0.2, 0) is 0 Å². The maximum absolute atomic E-state index is 4.35. The topological polar surface area (TPSA) is 24.9 Å². The highest BCUT2D eigenvalue weighted by molar-refractivity contribution is 9.10. The Morgan fingerprint density at radius 1 is 1.28 bits per heavy atom. The molecule has 0 radical (unpaired) electrons. The van der Waals surface area contributed by atoms with Crippen molar-refractivity contribution < 1.29 is 0 Å². The van der Waals surface area contributed by atoms with E-state index in [4.69, 9.17) is 0 Å². The van der Waals surface area contributed by atoms with Crippen molar-refractivity contribution in [1.82, 2.24) is 10.3 Å². The summed E-state index contributed by atoms with van der Waals surface area (Å²) < 4.78 is 1.04. The Morgan fingerprint density at radius 2 is 2.11 bits per heavy atom. The van der Waals surface area contributed by atoms with Crippen LogP contribution in [0, 0.1) is 5.92 Å². The van der Waals surface area contributed by atoms with Crippen molar-refractivity contribution in [1.29, 1.82) is 0 Å². The molecule has 1 aromatic heterocycles. The summed E-state index contributed by atoms with van der Waals surface area (Å²) >= 11 is 5.22. The van der Waals surface area contributed by atoms with Crippen LogP contribution < -0.4 is 5.32 Å². The molecule has 1 aliphatic carbocycles. The van der Waals surface area contributed by atoms with Gasteiger partial charge in [0.25, 0.3) is 0 Å². The Morgan fingerprint density at radius 3 is 2.83 bits per heavy atom. The van der Waals surface area contributed by atoms with E-state index in [1.807, 2.05) is 24.0 Å². The van der Waals surface area contributed by atoms with Gasteiger partial charge in [0.05, 0.1) is 5.03 Å². The summed E-state index contributed by atoms with van der Waals surface area (Å²) in [6, 6.07) is 4.11. The molecule has 2 nitrogen and oxygen atoms in total. The van der Waals surface area contributed by atoms with Gasteiger partial charge in [-0.3, -0.25) is 0 Å². The predicted molar refractivity (Wildman–Crippen MR) is 82.1 cm³/mol. The molecular formula is C14H21BrN2S. The van der Waals surface area contributed by atoms with Crippen LogP contribution in [0.25, 0.3) is 0 Å². The van der Waals surface area contributed by atoms with Crippen molar-refractivity contribution in [3.8, 4) is 0 Å². The number of nitrogens with one attached hydrogen (secondary N) is 1. The SMILES string of the molecule is Brc1ccc(SCCNCC2CCCCC2)nc1. The molecule has 1 N–H and O–H groups in total. The minimum absolute atomic E-state index is 0.926. The normalized spacial score (nSPS) is 16.9. The zero-order chi connectivity index (χ0) is 12.6. The van der Waals surface area contributed by atoms with Crippen molar-refractivity contribution >= 4 is 27.7 Å². The van der Waals surface area contributed by atoms with Crippen LogP contribution in [0.1, 0.15) is 32.1 Å². The second kappa shape index (κ2) is 8.18. The Bertz CT molecular complexity index is 336. The minimum atomic E-state index is 0.926. The highest BCUT2D eigenvalue weighted by Crippen LogP contribution is 2.22. The van der Waals surface area contributed by atoms with Crippen molar-refractivity contribution in [3.05, 3.63) is 22.8 Å². The third-order valence-electron chi connectivity index (χ3n) is 3.39. The van der Waals surface area contributed by atoms with E-state index in [-0.39, 0.29) is 0 Å². The molecule has 0 spiro atoms. The molecule has 0 unspecified atom stereocenters. The fourth-order valence-electron chi connectivity index (χ4n) is 2.37. The van der Waals surface area contributed by atoms with Gasteiger partial charge in [0.1, 0.15) is 0 Å². The zero-order valence-electron chi connectivity index (χ0n) is 10.7. The van der Waals surface area contributed by atoms with Crippen LogP contribution in [0.15, 0.2) is 27.8 Å². The molecule has 1 saturated carbocycles. The number of nitrogens with zero attached hydrogens (tertiary/aromatic N) is 1. The van der Waals surface area contributed by atoms with Gasteiger partial charge in [0, 0.05) is 23.0 Å². The van der Waals surface area contributed by atoms with Gasteiger partial charge in [-0.25, -0.2) is 4.98 Å². The average molecular weight is 329 g/mol. The smallest absolute Gasteiger partial charge is 0.0961 e. The van der Waals surface area contributed by atoms with Crippen molar-refractivity contribution in [2.24, 2.45) is 5.92 Å². The first kappa shape index (κ1) is 14.4. The van der Waals surface area contributed by atoms with E-state index in [1.165, 1.54) is 38.6 Å². The van der Waals surface area contributed by atoms with E-state index in [9.17, 15) is 0 Å². The summed E-state index contributed by atoms with van der Waals surface area (Å²) in [6.07, 6.45) is 9.02. The quantitative estimate of drug-likeness (QED) is 0.628. The number of halogens is 1. The van der Waals surface area contributed by atoms with E-state index < -0.39 is 0 Å². The van der Waals surface area contributed by atoms with Crippen LogP contribution in [0.5, 0.6) is 0 Å². The number of hydrogen-bond acceptors (Lipinski definition) is 3. The molecule has 0 aromatic carbocycles. The maximum Gasteiger partial charge on any atom is 0.0961 e. The molecule has 1 aliphatic rings. The summed E-state index contributed by atoms with van der Waals surface area (Å²) in [4.78, 5) is 4.35. The van der Waals surface area contributed by atoms with Gasteiger partial charge in [-0.05, 0) is 53.4 Å². The maximum atomic E-state index is 4.35. The van der Waals surface area contributed by atoms with Crippen LogP contribution in [0.3, 0.4) is 0 Å². The lowest BCUT2D eigenvalue weighted by Gasteiger charge is -2.21. The standard InChI is InChI=1S/C14H21BrN2S/c15-13-6-7-14(17-11-13)18-9-8-16-10-12-4-2-1-3-5-12/h6-7,11-12,16H,1-5,8-10H2. The summed E-state index contributed by atoms with van der Waals surface area (Å²) in [5.74, 6) is 2.02. The third-order valence-corrected chi connectivity index (χ3v) is 4.80. The average Bonchev–Trinajstić information content (AvgIpc) is 2.42.